The first-order valence-corrected chi connectivity index (χ1v) is 12.0. The van der Waals surface area contributed by atoms with Crippen molar-refractivity contribution in [2.45, 2.75) is 70.7 Å². The van der Waals surface area contributed by atoms with E-state index in [9.17, 15) is 0 Å². The second-order valence-corrected chi connectivity index (χ2v) is 10.8. The molecular weight excluding hydrogens is 451 g/mol. The molecule has 1 aliphatic carbocycles. The van der Waals surface area contributed by atoms with Gasteiger partial charge in [0.05, 0.1) is 11.2 Å². The quantitative estimate of drug-likeness (QED) is 0.491. The zero-order chi connectivity index (χ0) is 21.8. The maximum Gasteiger partial charge on any atom is 0.494 e. The SMILES string of the molecule is CC1(C)OB(c2ccc(CN[C@@H]3CCCc4c3[nH]c3ccc(Br)cc43)cc2)OC1(C)C. The van der Waals surface area contributed by atoms with Gasteiger partial charge in [-0.25, -0.2) is 0 Å². The lowest BCUT2D eigenvalue weighted by Crippen LogP contribution is -2.41. The van der Waals surface area contributed by atoms with Gasteiger partial charge in [-0.3, -0.25) is 0 Å². The van der Waals surface area contributed by atoms with E-state index in [2.05, 4.69) is 96.4 Å². The van der Waals surface area contributed by atoms with Gasteiger partial charge in [-0.1, -0.05) is 40.2 Å². The Balaban J connectivity index is 1.28. The van der Waals surface area contributed by atoms with Crippen LogP contribution in [-0.2, 0) is 22.3 Å². The second kappa shape index (κ2) is 7.77. The van der Waals surface area contributed by atoms with Gasteiger partial charge >= 0.3 is 7.12 Å². The summed E-state index contributed by atoms with van der Waals surface area (Å²) in [7, 11) is -0.307. The zero-order valence-corrected chi connectivity index (χ0v) is 20.3. The number of hydrogen-bond donors (Lipinski definition) is 2. The van der Waals surface area contributed by atoms with Crippen LogP contribution in [0.3, 0.4) is 0 Å². The van der Waals surface area contributed by atoms with Gasteiger partial charge in [0.1, 0.15) is 0 Å². The van der Waals surface area contributed by atoms with Crippen LogP contribution < -0.4 is 10.8 Å². The van der Waals surface area contributed by atoms with Gasteiger partial charge in [0.25, 0.3) is 0 Å². The van der Waals surface area contributed by atoms with Gasteiger partial charge in [-0.15, -0.1) is 0 Å². The maximum absolute atomic E-state index is 6.18. The van der Waals surface area contributed by atoms with Crippen LogP contribution in [0.2, 0.25) is 0 Å². The van der Waals surface area contributed by atoms with E-state index >= 15 is 0 Å². The van der Waals surface area contributed by atoms with Crippen molar-refractivity contribution in [3.8, 4) is 0 Å². The van der Waals surface area contributed by atoms with Crippen molar-refractivity contribution >= 4 is 39.4 Å². The van der Waals surface area contributed by atoms with Crippen molar-refractivity contribution in [2.24, 2.45) is 0 Å². The van der Waals surface area contributed by atoms with E-state index in [1.54, 1.807) is 0 Å². The van der Waals surface area contributed by atoms with Crippen molar-refractivity contribution in [1.29, 1.82) is 0 Å². The summed E-state index contributed by atoms with van der Waals surface area (Å²) in [5.74, 6) is 0. The molecule has 2 heterocycles. The van der Waals surface area contributed by atoms with Crippen LogP contribution in [0, 0.1) is 0 Å². The number of benzene rings is 2. The fourth-order valence-corrected chi connectivity index (χ4v) is 5.01. The minimum absolute atomic E-state index is 0.307. The van der Waals surface area contributed by atoms with Crippen LogP contribution >= 0.6 is 15.9 Å². The first kappa shape index (κ1) is 21.3. The summed E-state index contributed by atoms with van der Waals surface area (Å²) >= 11 is 3.62. The molecule has 0 bridgehead atoms. The zero-order valence-electron chi connectivity index (χ0n) is 18.7. The van der Waals surface area contributed by atoms with Crippen molar-refractivity contribution in [3.05, 3.63) is 63.8 Å². The molecule has 1 aromatic heterocycles. The molecule has 2 aliphatic rings. The predicted octanol–water partition coefficient (Wildman–Crippen LogP) is 5.40. The molecule has 1 fully saturated rings. The van der Waals surface area contributed by atoms with E-state index in [0.29, 0.717) is 6.04 Å². The average Bonchev–Trinajstić information content (AvgIpc) is 3.20. The van der Waals surface area contributed by atoms with Gasteiger partial charge in [0.15, 0.2) is 0 Å². The molecule has 3 aromatic rings. The van der Waals surface area contributed by atoms with Gasteiger partial charge in [0, 0.05) is 33.7 Å². The van der Waals surface area contributed by atoms with Crippen molar-refractivity contribution in [3.63, 3.8) is 0 Å². The number of H-pyrrole nitrogens is 1. The van der Waals surface area contributed by atoms with Gasteiger partial charge in [0.2, 0.25) is 0 Å². The molecule has 162 valence electrons. The summed E-state index contributed by atoms with van der Waals surface area (Å²) in [6, 6.07) is 15.5. The van der Waals surface area contributed by atoms with Gasteiger partial charge in [-0.05, 0) is 81.7 Å². The van der Waals surface area contributed by atoms with Gasteiger partial charge < -0.3 is 19.6 Å². The third kappa shape index (κ3) is 3.88. The van der Waals surface area contributed by atoms with Crippen LogP contribution in [0.25, 0.3) is 10.9 Å². The molecule has 6 heteroatoms. The molecule has 0 saturated carbocycles. The maximum atomic E-state index is 6.18. The highest BCUT2D eigenvalue weighted by molar-refractivity contribution is 9.10. The van der Waals surface area contributed by atoms with E-state index < -0.39 is 0 Å². The molecule has 0 radical (unpaired) electrons. The van der Waals surface area contributed by atoms with E-state index in [1.165, 1.54) is 34.1 Å². The molecule has 2 aromatic carbocycles. The van der Waals surface area contributed by atoms with Gasteiger partial charge in [-0.2, -0.15) is 0 Å². The third-order valence-electron chi connectivity index (χ3n) is 7.23. The van der Waals surface area contributed by atoms with Crippen molar-refractivity contribution < 1.29 is 9.31 Å². The Morgan fingerprint density at radius 2 is 1.77 bits per heavy atom. The second-order valence-electron chi connectivity index (χ2n) is 9.86. The molecular formula is C25H30BBrN2O2. The molecule has 1 aliphatic heterocycles. The largest absolute Gasteiger partial charge is 0.494 e. The van der Waals surface area contributed by atoms with Crippen LogP contribution in [0.4, 0.5) is 0 Å². The Kier molecular flexibility index (Phi) is 5.33. The number of aryl methyl sites for hydroxylation is 1. The fraction of sp³-hybridized carbons (Fsp3) is 0.440. The van der Waals surface area contributed by atoms with Crippen LogP contribution in [0.15, 0.2) is 46.9 Å². The normalized spacial score (nSPS) is 22.1. The highest BCUT2D eigenvalue weighted by atomic mass is 79.9. The Morgan fingerprint density at radius 3 is 2.48 bits per heavy atom. The average molecular weight is 481 g/mol. The molecule has 5 rings (SSSR count). The number of nitrogens with one attached hydrogen (secondary N) is 2. The fourth-order valence-electron chi connectivity index (χ4n) is 4.65. The van der Waals surface area contributed by atoms with E-state index in [0.717, 1.165) is 29.3 Å². The summed E-state index contributed by atoms with van der Waals surface area (Å²) in [6.07, 6.45) is 3.52. The highest BCUT2D eigenvalue weighted by Gasteiger charge is 2.51. The summed E-state index contributed by atoms with van der Waals surface area (Å²) in [5, 5.41) is 5.13. The molecule has 2 N–H and O–H groups in total. The Hall–Kier alpha value is -1.60. The van der Waals surface area contributed by atoms with Crippen LogP contribution in [0.1, 0.15) is 63.4 Å². The molecule has 0 spiro atoms. The highest BCUT2D eigenvalue weighted by Crippen LogP contribution is 2.37. The number of halogens is 1. The molecule has 0 amide bonds. The lowest BCUT2D eigenvalue weighted by atomic mass is 9.79. The predicted molar refractivity (Wildman–Crippen MR) is 131 cm³/mol. The monoisotopic (exact) mass is 480 g/mol. The summed E-state index contributed by atoms with van der Waals surface area (Å²) in [6.45, 7) is 9.20. The summed E-state index contributed by atoms with van der Waals surface area (Å²) < 4.78 is 13.5. The molecule has 4 nitrogen and oxygen atoms in total. The molecule has 0 unspecified atom stereocenters. The Labute approximate surface area is 193 Å². The minimum atomic E-state index is -0.314. The molecule has 1 saturated heterocycles. The summed E-state index contributed by atoms with van der Waals surface area (Å²) in [5.41, 5.74) is 5.77. The number of rotatable bonds is 4. The molecule has 1 atom stereocenters. The molecule has 31 heavy (non-hydrogen) atoms. The van der Waals surface area contributed by atoms with Crippen LogP contribution in [0.5, 0.6) is 0 Å². The number of aromatic amines is 1. The van der Waals surface area contributed by atoms with E-state index in [1.807, 2.05) is 0 Å². The van der Waals surface area contributed by atoms with E-state index in [-0.39, 0.29) is 18.3 Å². The van der Waals surface area contributed by atoms with E-state index in [4.69, 9.17) is 9.31 Å². The number of hydrogen-bond acceptors (Lipinski definition) is 3. The lowest BCUT2D eigenvalue weighted by molar-refractivity contribution is 0.00578. The smallest absolute Gasteiger partial charge is 0.399 e. The first-order chi connectivity index (χ1) is 14.7. The first-order valence-electron chi connectivity index (χ1n) is 11.2. The number of fused-ring (bicyclic) bond motifs is 3. The summed E-state index contributed by atoms with van der Waals surface area (Å²) in [4.78, 5) is 3.67. The minimum Gasteiger partial charge on any atom is -0.399 e. The lowest BCUT2D eigenvalue weighted by Gasteiger charge is -2.32. The number of aromatic nitrogens is 1. The van der Waals surface area contributed by atoms with Crippen molar-refractivity contribution in [2.75, 3.05) is 0 Å². The third-order valence-corrected chi connectivity index (χ3v) is 7.72. The standard InChI is InChI=1S/C25H30BBrN2O2/c1-24(2)25(3,4)31-26(30-24)17-10-8-16(9-11-17)15-28-22-7-5-6-19-20-14-18(27)12-13-21(20)29-23(19)22/h8-14,22,28-29H,5-7,15H2,1-4H3/t22-/m1/s1. The van der Waals surface area contributed by atoms with Crippen LogP contribution in [-0.4, -0.2) is 23.3 Å². The van der Waals surface area contributed by atoms with Crippen molar-refractivity contribution in [1.82, 2.24) is 10.3 Å². The topological polar surface area (TPSA) is 46.3 Å². The Morgan fingerprint density at radius 1 is 1.06 bits per heavy atom. The Bertz CT molecular complexity index is 1090.